The second-order valence-corrected chi connectivity index (χ2v) is 7.90. The zero-order chi connectivity index (χ0) is 21.0. The predicted molar refractivity (Wildman–Crippen MR) is 112 cm³/mol. The number of aryl methyl sites for hydroxylation is 1. The molecule has 2 aromatic heterocycles. The van der Waals surface area contributed by atoms with E-state index in [0.29, 0.717) is 35.4 Å². The standard InChI is InChI=1S/C19H25F3N6S/c1-3-13(10-23)8-9-25-28-16(12(2)26-18(28)24-11-19(20,21)22)17-27-14-6-4-5-7-15(14)29-17/h4-7,13,25H,3,8-11,23H2,1-2H3,(H,24,26)/t13-/m0/s1. The van der Waals surface area contributed by atoms with Crippen LogP contribution in [0.5, 0.6) is 0 Å². The van der Waals surface area contributed by atoms with Crippen LogP contribution in [0.1, 0.15) is 25.5 Å². The number of para-hydroxylation sites is 1. The lowest BCUT2D eigenvalue weighted by atomic mass is 10.0. The second kappa shape index (κ2) is 9.00. The molecule has 0 bridgehead atoms. The normalized spacial score (nSPS) is 13.0. The fourth-order valence-corrected chi connectivity index (χ4v) is 4.13. The van der Waals surface area contributed by atoms with E-state index in [1.54, 1.807) is 11.6 Å². The van der Waals surface area contributed by atoms with Gasteiger partial charge in [-0.1, -0.05) is 25.5 Å². The molecule has 0 fully saturated rings. The number of imidazole rings is 1. The maximum absolute atomic E-state index is 12.7. The van der Waals surface area contributed by atoms with Gasteiger partial charge in [0, 0.05) is 6.54 Å². The summed E-state index contributed by atoms with van der Waals surface area (Å²) in [5, 5.41) is 3.10. The van der Waals surface area contributed by atoms with Crippen molar-refractivity contribution in [1.82, 2.24) is 14.6 Å². The van der Waals surface area contributed by atoms with Crippen molar-refractivity contribution < 1.29 is 13.2 Å². The smallest absolute Gasteiger partial charge is 0.345 e. The van der Waals surface area contributed by atoms with E-state index in [4.69, 9.17) is 5.73 Å². The van der Waals surface area contributed by atoms with Crippen molar-refractivity contribution in [2.75, 3.05) is 30.4 Å². The van der Waals surface area contributed by atoms with Crippen LogP contribution in [0.3, 0.4) is 0 Å². The van der Waals surface area contributed by atoms with Crippen molar-refractivity contribution in [3.05, 3.63) is 30.0 Å². The van der Waals surface area contributed by atoms with Crippen LogP contribution in [0.15, 0.2) is 24.3 Å². The summed E-state index contributed by atoms with van der Waals surface area (Å²) in [5.41, 5.74) is 11.1. The van der Waals surface area contributed by atoms with Crippen molar-refractivity contribution in [2.24, 2.45) is 11.7 Å². The molecular formula is C19H25F3N6S. The van der Waals surface area contributed by atoms with E-state index in [0.717, 1.165) is 23.1 Å². The summed E-state index contributed by atoms with van der Waals surface area (Å²) in [4.78, 5) is 8.98. The molecule has 0 spiro atoms. The van der Waals surface area contributed by atoms with Gasteiger partial charge in [-0.25, -0.2) is 14.6 Å². The number of hydrogen-bond acceptors (Lipinski definition) is 6. The van der Waals surface area contributed by atoms with Gasteiger partial charge in [-0.3, -0.25) is 0 Å². The molecule has 2 heterocycles. The summed E-state index contributed by atoms with van der Waals surface area (Å²) in [6.07, 6.45) is -2.58. The molecule has 0 radical (unpaired) electrons. The van der Waals surface area contributed by atoms with E-state index < -0.39 is 12.7 Å². The third-order valence-corrected chi connectivity index (χ3v) is 5.77. The molecule has 0 amide bonds. The van der Waals surface area contributed by atoms with Gasteiger partial charge in [0.25, 0.3) is 0 Å². The zero-order valence-electron chi connectivity index (χ0n) is 16.4. The molecule has 1 atom stereocenters. The molecule has 158 valence electrons. The molecule has 4 N–H and O–H groups in total. The number of thiazole rings is 1. The maximum Gasteiger partial charge on any atom is 0.405 e. The molecule has 0 aliphatic heterocycles. The van der Waals surface area contributed by atoms with Crippen LogP contribution in [0.2, 0.25) is 0 Å². The molecule has 10 heteroatoms. The van der Waals surface area contributed by atoms with E-state index >= 15 is 0 Å². The lowest BCUT2D eigenvalue weighted by Crippen LogP contribution is -2.27. The number of halogens is 3. The van der Waals surface area contributed by atoms with Gasteiger partial charge in [-0.05, 0) is 37.9 Å². The minimum Gasteiger partial charge on any atom is -0.345 e. The summed E-state index contributed by atoms with van der Waals surface area (Å²) in [6, 6.07) is 7.72. The number of fused-ring (bicyclic) bond motifs is 1. The molecule has 1 aromatic carbocycles. The Bertz CT molecular complexity index is 912. The number of anilines is 1. The first kappa shape index (κ1) is 21.4. The minimum atomic E-state index is -4.34. The summed E-state index contributed by atoms with van der Waals surface area (Å²) >= 11 is 1.48. The Balaban J connectivity index is 1.93. The Morgan fingerprint density at radius 2 is 2.00 bits per heavy atom. The number of nitrogens with two attached hydrogens (primary N) is 1. The molecular weight excluding hydrogens is 401 g/mol. The third-order valence-electron chi connectivity index (χ3n) is 4.73. The number of benzene rings is 1. The fourth-order valence-electron chi connectivity index (χ4n) is 3.07. The van der Waals surface area contributed by atoms with Gasteiger partial charge in [-0.2, -0.15) is 13.2 Å². The number of nitrogens with zero attached hydrogens (tertiary/aromatic N) is 3. The first-order valence-electron chi connectivity index (χ1n) is 9.52. The van der Waals surface area contributed by atoms with Crippen LogP contribution in [-0.2, 0) is 0 Å². The average molecular weight is 427 g/mol. The van der Waals surface area contributed by atoms with Gasteiger partial charge < -0.3 is 16.5 Å². The molecule has 0 saturated heterocycles. The molecule has 3 rings (SSSR count). The Kier molecular flexibility index (Phi) is 6.63. The lowest BCUT2D eigenvalue weighted by Gasteiger charge is -2.17. The Morgan fingerprint density at radius 3 is 2.66 bits per heavy atom. The molecule has 0 aliphatic carbocycles. The van der Waals surface area contributed by atoms with Crippen LogP contribution < -0.4 is 16.5 Å². The first-order chi connectivity index (χ1) is 13.8. The highest BCUT2D eigenvalue weighted by atomic mass is 32.1. The van der Waals surface area contributed by atoms with Crippen molar-refractivity contribution >= 4 is 27.5 Å². The molecule has 0 unspecified atom stereocenters. The lowest BCUT2D eigenvalue weighted by molar-refractivity contribution is -0.115. The number of nitrogens with one attached hydrogen (secondary N) is 2. The quantitative estimate of drug-likeness (QED) is 0.474. The zero-order valence-corrected chi connectivity index (χ0v) is 17.2. The van der Waals surface area contributed by atoms with E-state index in [9.17, 15) is 13.2 Å². The Labute approximate surface area is 171 Å². The molecule has 0 saturated carbocycles. The van der Waals surface area contributed by atoms with Gasteiger partial charge >= 0.3 is 6.18 Å². The maximum atomic E-state index is 12.7. The van der Waals surface area contributed by atoms with Gasteiger partial charge in [0.1, 0.15) is 17.2 Å². The number of hydrogen-bond donors (Lipinski definition) is 3. The van der Waals surface area contributed by atoms with Gasteiger partial charge in [0.15, 0.2) is 0 Å². The monoisotopic (exact) mass is 426 g/mol. The van der Waals surface area contributed by atoms with Crippen molar-refractivity contribution in [2.45, 2.75) is 32.9 Å². The van der Waals surface area contributed by atoms with E-state index in [1.807, 2.05) is 24.3 Å². The summed E-state index contributed by atoms with van der Waals surface area (Å²) in [7, 11) is 0. The topological polar surface area (TPSA) is 80.8 Å². The predicted octanol–water partition coefficient (Wildman–Crippen LogP) is 4.36. The van der Waals surface area contributed by atoms with Crippen LogP contribution in [0.4, 0.5) is 19.1 Å². The number of rotatable bonds is 9. The van der Waals surface area contributed by atoms with E-state index in [-0.39, 0.29) is 5.95 Å². The largest absolute Gasteiger partial charge is 0.405 e. The summed E-state index contributed by atoms with van der Waals surface area (Å²) in [5.74, 6) is 0.472. The molecule has 29 heavy (non-hydrogen) atoms. The summed E-state index contributed by atoms with van der Waals surface area (Å²) in [6.45, 7) is 3.81. The van der Waals surface area contributed by atoms with Gasteiger partial charge in [0.2, 0.25) is 5.95 Å². The molecule has 0 aliphatic rings. The van der Waals surface area contributed by atoms with E-state index in [2.05, 4.69) is 27.6 Å². The van der Waals surface area contributed by atoms with Crippen molar-refractivity contribution in [3.63, 3.8) is 0 Å². The first-order valence-corrected chi connectivity index (χ1v) is 10.3. The average Bonchev–Trinajstić information content (AvgIpc) is 3.23. The second-order valence-electron chi connectivity index (χ2n) is 6.87. The molecule has 6 nitrogen and oxygen atoms in total. The van der Waals surface area contributed by atoms with Gasteiger partial charge in [0.05, 0.1) is 15.9 Å². The van der Waals surface area contributed by atoms with Crippen LogP contribution in [0.25, 0.3) is 20.9 Å². The van der Waals surface area contributed by atoms with Crippen LogP contribution in [0, 0.1) is 12.8 Å². The SMILES string of the molecule is CC[C@H](CN)CCNn1c(NCC(F)(F)F)nc(C)c1-c1nc2ccccc2s1. The van der Waals surface area contributed by atoms with E-state index in [1.165, 1.54) is 11.3 Å². The number of alkyl halides is 3. The van der Waals surface area contributed by atoms with Gasteiger partial charge in [-0.15, -0.1) is 11.3 Å². The molecule has 3 aromatic rings. The highest BCUT2D eigenvalue weighted by Gasteiger charge is 2.28. The van der Waals surface area contributed by atoms with Crippen LogP contribution >= 0.6 is 11.3 Å². The van der Waals surface area contributed by atoms with Crippen molar-refractivity contribution in [1.29, 1.82) is 0 Å². The highest BCUT2D eigenvalue weighted by molar-refractivity contribution is 7.21. The minimum absolute atomic E-state index is 0.120. The van der Waals surface area contributed by atoms with Crippen LogP contribution in [-0.4, -0.2) is 40.5 Å². The fraction of sp³-hybridized carbons (Fsp3) is 0.474. The Morgan fingerprint density at radius 1 is 1.24 bits per heavy atom. The Hall–Kier alpha value is -2.33. The number of aromatic nitrogens is 3. The van der Waals surface area contributed by atoms with Crippen molar-refractivity contribution in [3.8, 4) is 10.7 Å². The summed E-state index contributed by atoms with van der Waals surface area (Å²) < 4.78 is 40.8. The highest BCUT2D eigenvalue weighted by Crippen LogP contribution is 2.33. The third kappa shape index (κ3) is 5.18.